The molecule has 0 aliphatic carbocycles. The summed E-state index contributed by atoms with van der Waals surface area (Å²) in [5.41, 5.74) is 6.30. The fraction of sp³-hybridized carbons (Fsp3) is 0.308. The zero-order valence-corrected chi connectivity index (χ0v) is 10.8. The zero-order chi connectivity index (χ0) is 13.0. The Hall–Kier alpha value is -1.43. The van der Waals surface area contributed by atoms with Crippen molar-refractivity contribution in [1.29, 1.82) is 0 Å². The molecular weight excluding hydrogens is 248 g/mol. The largest absolute Gasteiger partial charge is 0.477 e. The van der Waals surface area contributed by atoms with Gasteiger partial charge in [0.05, 0.1) is 0 Å². The average molecular weight is 264 g/mol. The van der Waals surface area contributed by atoms with E-state index in [0.717, 1.165) is 28.6 Å². The number of thiophene rings is 1. The molecule has 1 heterocycles. The number of rotatable bonds is 6. The first-order valence-corrected chi connectivity index (χ1v) is 6.70. The predicted octanol–water partition coefficient (Wildman–Crippen LogP) is 2.04. The maximum absolute atomic E-state index is 11.2. The molecule has 0 aliphatic rings. The van der Waals surface area contributed by atoms with Gasteiger partial charge in [-0.05, 0) is 36.5 Å². The molecule has 4 N–H and O–H groups in total. The van der Waals surface area contributed by atoms with Gasteiger partial charge in [0.15, 0.2) is 0 Å². The Morgan fingerprint density at radius 2 is 2.17 bits per heavy atom. The molecule has 0 aliphatic heterocycles. The lowest BCUT2D eigenvalue weighted by Crippen LogP contribution is -2.18. The van der Waals surface area contributed by atoms with Gasteiger partial charge in [0.1, 0.15) is 4.88 Å². The Morgan fingerprint density at radius 3 is 2.89 bits per heavy atom. The zero-order valence-electron chi connectivity index (χ0n) is 9.98. The topological polar surface area (TPSA) is 75.3 Å². The number of aromatic carboxylic acids is 1. The van der Waals surface area contributed by atoms with Crippen molar-refractivity contribution in [3.8, 4) is 0 Å². The Morgan fingerprint density at radius 1 is 1.39 bits per heavy atom. The van der Waals surface area contributed by atoms with E-state index in [0.29, 0.717) is 18.0 Å². The van der Waals surface area contributed by atoms with Crippen LogP contribution in [0.15, 0.2) is 24.3 Å². The monoisotopic (exact) mass is 264 g/mol. The third-order valence-electron chi connectivity index (χ3n) is 2.75. The second-order valence-corrected chi connectivity index (χ2v) is 5.08. The lowest BCUT2D eigenvalue weighted by atomic mass is 10.1. The quantitative estimate of drug-likeness (QED) is 0.698. The summed E-state index contributed by atoms with van der Waals surface area (Å²) in [7, 11) is 0. The van der Waals surface area contributed by atoms with Crippen LogP contribution >= 0.6 is 11.3 Å². The first-order valence-electron chi connectivity index (χ1n) is 5.88. The first-order chi connectivity index (χ1) is 8.74. The van der Waals surface area contributed by atoms with Crippen LogP contribution < -0.4 is 11.1 Å². The number of nitrogens with two attached hydrogens (primary N) is 1. The average Bonchev–Trinajstić information content (AvgIpc) is 2.74. The van der Waals surface area contributed by atoms with Crippen molar-refractivity contribution in [3.63, 3.8) is 0 Å². The van der Waals surface area contributed by atoms with Crippen LogP contribution in [0, 0.1) is 0 Å². The number of fused-ring (bicyclic) bond motifs is 1. The van der Waals surface area contributed by atoms with Crippen LogP contribution in [-0.4, -0.2) is 24.2 Å². The molecule has 0 saturated heterocycles. The second kappa shape index (κ2) is 5.95. The highest BCUT2D eigenvalue weighted by Gasteiger charge is 2.16. The van der Waals surface area contributed by atoms with E-state index in [4.69, 9.17) is 5.73 Å². The van der Waals surface area contributed by atoms with Crippen molar-refractivity contribution < 1.29 is 9.90 Å². The highest BCUT2D eigenvalue weighted by Crippen LogP contribution is 2.31. The third kappa shape index (κ3) is 2.69. The number of carbonyl (C=O) groups is 1. The summed E-state index contributed by atoms with van der Waals surface area (Å²) >= 11 is 1.33. The molecule has 0 radical (unpaired) electrons. The van der Waals surface area contributed by atoms with E-state index in [1.165, 1.54) is 11.3 Å². The molecule has 0 bridgehead atoms. The van der Waals surface area contributed by atoms with Crippen molar-refractivity contribution in [1.82, 2.24) is 5.32 Å². The molecule has 0 atom stereocenters. The molecule has 2 aromatic rings. The van der Waals surface area contributed by atoms with E-state index < -0.39 is 5.97 Å². The summed E-state index contributed by atoms with van der Waals surface area (Å²) in [5, 5.41) is 13.5. The lowest BCUT2D eigenvalue weighted by Gasteiger charge is -2.04. The van der Waals surface area contributed by atoms with E-state index in [1.54, 1.807) is 0 Å². The summed E-state index contributed by atoms with van der Waals surface area (Å²) < 4.78 is 1.02. The maximum atomic E-state index is 11.2. The van der Waals surface area contributed by atoms with E-state index >= 15 is 0 Å². The van der Waals surface area contributed by atoms with Gasteiger partial charge in [-0.25, -0.2) is 4.79 Å². The molecule has 4 nitrogen and oxygen atoms in total. The minimum absolute atomic E-state index is 0.427. The molecule has 0 amide bonds. The van der Waals surface area contributed by atoms with Crippen molar-refractivity contribution in [2.45, 2.75) is 13.0 Å². The van der Waals surface area contributed by atoms with Crippen LogP contribution in [0.3, 0.4) is 0 Å². The van der Waals surface area contributed by atoms with Crippen molar-refractivity contribution >= 4 is 27.4 Å². The number of hydrogen-bond donors (Lipinski definition) is 3. The van der Waals surface area contributed by atoms with E-state index in [1.807, 2.05) is 24.3 Å². The Labute approximate surface area is 109 Å². The smallest absolute Gasteiger partial charge is 0.346 e. The second-order valence-electron chi connectivity index (χ2n) is 4.03. The van der Waals surface area contributed by atoms with Gasteiger partial charge in [0.25, 0.3) is 0 Å². The molecule has 18 heavy (non-hydrogen) atoms. The van der Waals surface area contributed by atoms with Crippen LogP contribution in [0.2, 0.25) is 0 Å². The fourth-order valence-corrected chi connectivity index (χ4v) is 2.95. The SMILES string of the molecule is NCCCNCc1c(C(=O)O)sc2ccccc12. The summed E-state index contributed by atoms with van der Waals surface area (Å²) in [4.78, 5) is 11.7. The third-order valence-corrected chi connectivity index (χ3v) is 3.95. The molecule has 5 heteroatoms. The van der Waals surface area contributed by atoms with Gasteiger partial charge in [0, 0.05) is 11.2 Å². The normalized spacial score (nSPS) is 10.9. The molecule has 2 rings (SSSR count). The Bertz CT molecular complexity index is 551. The number of nitrogens with one attached hydrogen (secondary N) is 1. The molecule has 1 aromatic heterocycles. The molecular formula is C13H16N2O2S. The van der Waals surface area contributed by atoms with E-state index in [2.05, 4.69) is 5.32 Å². The van der Waals surface area contributed by atoms with Crippen LogP contribution in [0.5, 0.6) is 0 Å². The Balaban J connectivity index is 2.27. The van der Waals surface area contributed by atoms with Crippen LogP contribution in [-0.2, 0) is 6.54 Å². The minimum atomic E-state index is -0.855. The Kier molecular flexibility index (Phi) is 4.30. The lowest BCUT2D eigenvalue weighted by molar-refractivity contribution is 0.0701. The predicted molar refractivity (Wildman–Crippen MR) is 74.2 cm³/mol. The van der Waals surface area contributed by atoms with Gasteiger partial charge in [-0.2, -0.15) is 0 Å². The maximum Gasteiger partial charge on any atom is 0.346 e. The molecule has 0 spiro atoms. The minimum Gasteiger partial charge on any atom is -0.477 e. The van der Waals surface area contributed by atoms with Crippen LogP contribution in [0.1, 0.15) is 21.7 Å². The van der Waals surface area contributed by atoms with Gasteiger partial charge in [-0.1, -0.05) is 18.2 Å². The number of carboxylic acid groups (broad SMARTS) is 1. The van der Waals surface area contributed by atoms with Gasteiger partial charge in [-0.15, -0.1) is 11.3 Å². The standard InChI is InChI=1S/C13H16N2O2S/c14-6-3-7-15-8-10-9-4-1-2-5-11(9)18-12(10)13(16)17/h1-2,4-5,15H,3,6-8,14H2,(H,16,17). The highest BCUT2D eigenvalue weighted by molar-refractivity contribution is 7.21. The summed E-state index contributed by atoms with van der Waals surface area (Å²) in [6.07, 6.45) is 0.893. The van der Waals surface area contributed by atoms with Crippen LogP contribution in [0.25, 0.3) is 10.1 Å². The molecule has 1 aromatic carbocycles. The number of hydrogen-bond acceptors (Lipinski definition) is 4. The fourth-order valence-electron chi connectivity index (χ4n) is 1.89. The summed E-state index contributed by atoms with van der Waals surface area (Å²) in [6, 6.07) is 7.79. The number of benzene rings is 1. The molecule has 96 valence electrons. The molecule has 0 fully saturated rings. The number of carboxylic acids is 1. The van der Waals surface area contributed by atoms with E-state index in [9.17, 15) is 9.90 Å². The summed E-state index contributed by atoms with van der Waals surface area (Å²) in [5.74, 6) is -0.855. The van der Waals surface area contributed by atoms with Gasteiger partial charge < -0.3 is 16.2 Å². The van der Waals surface area contributed by atoms with Crippen molar-refractivity contribution in [2.75, 3.05) is 13.1 Å². The van der Waals surface area contributed by atoms with E-state index in [-0.39, 0.29) is 0 Å². The highest BCUT2D eigenvalue weighted by atomic mass is 32.1. The van der Waals surface area contributed by atoms with Crippen molar-refractivity contribution in [3.05, 3.63) is 34.7 Å². The van der Waals surface area contributed by atoms with Gasteiger partial charge >= 0.3 is 5.97 Å². The molecule has 0 saturated carbocycles. The van der Waals surface area contributed by atoms with Crippen LogP contribution in [0.4, 0.5) is 0 Å². The molecule has 0 unspecified atom stereocenters. The van der Waals surface area contributed by atoms with Gasteiger partial charge in [-0.3, -0.25) is 0 Å². The van der Waals surface area contributed by atoms with Crippen molar-refractivity contribution in [2.24, 2.45) is 5.73 Å². The first kappa shape index (κ1) is 13.0. The summed E-state index contributed by atoms with van der Waals surface area (Å²) in [6.45, 7) is 2.02. The van der Waals surface area contributed by atoms with Gasteiger partial charge in [0.2, 0.25) is 0 Å².